The SMILES string of the molecule is [Ti].c1ccc(C2CCNCCCNCCCNCCC[N-]2)cc1. The van der Waals surface area contributed by atoms with Crippen molar-refractivity contribution in [1.82, 2.24) is 16.0 Å². The summed E-state index contributed by atoms with van der Waals surface area (Å²) in [4.78, 5) is 0. The standard InChI is InChI=1S/C18H31N4.Ti/c1-2-7-17(8-3-1)18-9-16-21-13-5-12-19-10-4-11-20-14-6-15-22-18;/h1-3,7-8,18-21H,4-6,9-16H2;/q-1;. The van der Waals surface area contributed by atoms with Crippen LogP contribution in [-0.4, -0.2) is 45.8 Å². The van der Waals surface area contributed by atoms with Gasteiger partial charge in [0.2, 0.25) is 0 Å². The first-order chi connectivity index (χ1) is 11.0. The molecule has 1 aromatic carbocycles. The Morgan fingerprint density at radius 3 is 1.96 bits per heavy atom. The molecule has 0 radical (unpaired) electrons. The van der Waals surface area contributed by atoms with Crippen LogP contribution >= 0.6 is 0 Å². The second-order valence-electron chi connectivity index (χ2n) is 5.93. The average molecular weight is 351 g/mol. The van der Waals surface area contributed by atoms with Crippen LogP contribution in [0.5, 0.6) is 0 Å². The van der Waals surface area contributed by atoms with E-state index in [4.69, 9.17) is 5.32 Å². The van der Waals surface area contributed by atoms with Gasteiger partial charge >= 0.3 is 0 Å². The van der Waals surface area contributed by atoms with Crippen molar-refractivity contribution in [2.24, 2.45) is 0 Å². The molecular weight excluding hydrogens is 320 g/mol. The van der Waals surface area contributed by atoms with Crippen LogP contribution in [0.1, 0.15) is 37.3 Å². The van der Waals surface area contributed by atoms with E-state index >= 15 is 0 Å². The predicted molar refractivity (Wildman–Crippen MR) is 94.5 cm³/mol. The largest absolute Gasteiger partial charge is 0.656 e. The molecule has 0 aromatic heterocycles. The first-order valence-corrected chi connectivity index (χ1v) is 8.80. The normalized spacial score (nSPS) is 22.9. The molecule has 2 rings (SSSR count). The maximum absolute atomic E-state index is 4.93. The van der Waals surface area contributed by atoms with Gasteiger partial charge in [-0.1, -0.05) is 48.7 Å². The van der Waals surface area contributed by atoms with Crippen molar-refractivity contribution in [3.05, 3.63) is 41.2 Å². The van der Waals surface area contributed by atoms with Gasteiger partial charge in [0.15, 0.2) is 0 Å². The molecule has 0 aliphatic carbocycles. The zero-order chi connectivity index (χ0) is 15.3. The molecule has 0 bridgehead atoms. The Morgan fingerprint density at radius 1 is 0.739 bits per heavy atom. The van der Waals surface area contributed by atoms with Gasteiger partial charge in [-0.2, -0.15) is 0 Å². The molecule has 1 saturated heterocycles. The van der Waals surface area contributed by atoms with Crippen molar-refractivity contribution in [2.45, 2.75) is 31.7 Å². The maximum Gasteiger partial charge on any atom is 0 e. The van der Waals surface area contributed by atoms with Crippen molar-refractivity contribution >= 4 is 0 Å². The summed E-state index contributed by atoms with van der Waals surface area (Å²) < 4.78 is 0. The zero-order valence-electron chi connectivity index (χ0n) is 14.2. The molecule has 0 amide bonds. The minimum Gasteiger partial charge on any atom is -0.656 e. The number of rotatable bonds is 1. The van der Waals surface area contributed by atoms with Gasteiger partial charge in [0, 0.05) is 21.7 Å². The smallest absolute Gasteiger partial charge is 0 e. The summed E-state index contributed by atoms with van der Waals surface area (Å²) in [5, 5.41) is 15.5. The van der Waals surface area contributed by atoms with Gasteiger partial charge in [0.25, 0.3) is 0 Å². The van der Waals surface area contributed by atoms with Crippen LogP contribution in [0, 0.1) is 0 Å². The second-order valence-corrected chi connectivity index (χ2v) is 5.93. The van der Waals surface area contributed by atoms with Crippen molar-refractivity contribution < 1.29 is 21.7 Å². The molecule has 23 heavy (non-hydrogen) atoms. The molecule has 4 nitrogen and oxygen atoms in total. The van der Waals surface area contributed by atoms with E-state index < -0.39 is 0 Å². The molecule has 0 spiro atoms. The van der Waals surface area contributed by atoms with Gasteiger partial charge < -0.3 is 21.3 Å². The number of hydrogen-bond acceptors (Lipinski definition) is 3. The molecule has 1 fully saturated rings. The third-order valence-electron chi connectivity index (χ3n) is 4.05. The van der Waals surface area contributed by atoms with Crippen molar-refractivity contribution in [3.63, 3.8) is 0 Å². The summed E-state index contributed by atoms with van der Waals surface area (Å²) in [5.74, 6) is 0. The molecule has 3 N–H and O–H groups in total. The number of benzene rings is 1. The number of nitrogens with zero attached hydrogens (tertiary/aromatic N) is 1. The zero-order valence-corrected chi connectivity index (χ0v) is 15.8. The topological polar surface area (TPSA) is 50.2 Å². The Balaban J connectivity index is 0.00000264. The predicted octanol–water partition coefficient (Wildman–Crippen LogP) is 2.44. The van der Waals surface area contributed by atoms with Gasteiger partial charge in [-0.05, 0) is 52.1 Å². The molecule has 5 heteroatoms. The van der Waals surface area contributed by atoms with Crippen LogP contribution < -0.4 is 16.0 Å². The minimum atomic E-state index is 0. The molecule has 1 aromatic rings. The summed E-state index contributed by atoms with van der Waals surface area (Å²) in [6.45, 7) is 7.49. The van der Waals surface area contributed by atoms with Gasteiger partial charge in [0.05, 0.1) is 0 Å². The molecule has 128 valence electrons. The van der Waals surface area contributed by atoms with E-state index in [2.05, 4.69) is 46.3 Å². The van der Waals surface area contributed by atoms with Gasteiger partial charge in [-0.15, -0.1) is 12.6 Å². The Labute approximate surface area is 156 Å². The van der Waals surface area contributed by atoms with Crippen molar-refractivity contribution in [3.8, 4) is 0 Å². The van der Waals surface area contributed by atoms with Crippen molar-refractivity contribution in [1.29, 1.82) is 0 Å². The van der Waals surface area contributed by atoms with Crippen LogP contribution in [0.4, 0.5) is 0 Å². The van der Waals surface area contributed by atoms with E-state index in [1.807, 2.05) is 0 Å². The molecule has 1 aliphatic rings. The fourth-order valence-electron chi connectivity index (χ4n) is 2.78. The van der Waals surface area contributed by atoms with Crippen LogP contribution in [0.2, 0.25) is 0 Å². The molecule has 1 atom stereocenters. The van der Waals surface area contributed by atoms with Gasteiger partial charge in [-0.25, -0.2) is 0 Å². The molecule has 0 saturated carbocycles. The summed E-state index contributed by atoms with van der Waals surface area (Å²) in [5.41, 5.74) is 1.35. The van der Waals surface area contributed by atoms with E-state index in [0.29, 0.717) is 6.04 Å². The fourth-order valence-corrected chi connectivity index (χ4v) is 2.78. The number of hydrogen-bond donors (Lipinski definition) is 3. The Hall–Kier alpha value is -0.226. The first kappa shape index (κ1) is 20.8. The number of nitrogens with one attached hydrogen (secondary N) is 3. The van der Waals surface area contributed by atoms with Crippen LogP contribution in [0.15, 0.2) is 30.3 Å². The average Bonchev–Trinajstić information content (AvgIpc) is 2.56. The van der Waals surface area contributed by atoms with Crippen LogP contribution in [-0.2, 0) is 21.7 Å². The third-order valence-corrected chi connectivity index (χ3v) is 4.05. The van der Waals surface area contributed by atoms with Crippen LogP contribution in [0.3, 0.4) is 0 Å². The molecule has 1 heterocycles. The summed E-state index contributed by atoms with van der Waals surface area (Å²) in [6, 6.07) is 11.0. The van der Waals surface area contributed by atoms with Crippen molar-refractivity contribution in [2.75, 3.05) is 45.8 Å². The van der Waals surface area contributed by atoms with E-state index in [0.717, 1.165) is 58.7 Å². The molecule has 1 aliphatic heterocycles. The summed E-state index contributed by atoms with van der Waals surface area (Å²) in [7, 11) is 0. The molecular formula is C18H31N4Ti-. The van der Waals surface area contributed by atoms with E-state index in [-0.39, 0.29) is 21.7 Å². The third kappa shape index (κ3) is 9.60. The van der Waals surface area contributed by atoms with E-state index in [1.165, 1.54) is 18.4 Å². The summed E-state index contributed by atoms with van der Waals surface area (Å²) >= 11 is 0. The van der Waals surface area contributed by atoms with E-state index in [1.54, 1.807) is 0 Å². The Morgan fingerprint density at radius 2 is 1.30 bits per heavy atom. The molecule has 1 unspecified atom stereocenters. The fraction of sp³-hybridized carbons (Fsp3) is 0.667. The van der Waals surface area contributed by atoms with E-state index in [9.17, 15) is 0 Å². The van der Waals surface area contributed by atoms with Gasteiger partial charge in [-0.3, -0.25) is 0 Å². The Bertz CT molecular complexity index is 359. The monoisotopic (exact) mass is 351 g/mol. The Kier molecular flexibility index (Phi) is 12.8. The quantitative estimate of drug-likeness (QED) is 0.681. The minimum absolute atomic E-state index is 0. The first-order valence-electron chi connectivity index (χ1n) is 8.80. The maximum atomic E-state index is 4.93. The second kappa shape index (κ2) is 14.1. The van der Waals surface area contributed by atoms with Gasteiger partial charge in [0.1, 0.15) is 0 Å². The summed E-state index contributed by atoms with van der Waals surface area (Å²) in [6.07, 6.45) is 4.62. The van der Waals surface area contributed by atoms with Crippen LogP contribution in [0.25, 0.3) is 5.32 Å².